The summed E-state index contributed by atoms with van der Waals surface area (Å²) in [5.74, 6) is -1.75. The minimum absolute atomic E-state index is 0.215. The highest BCUT2D eigenvalue weighted by molar-refractivity contribution is 6.39. The molecule has 174 valence electrons. The Morgan fingerprint density at radius 3 is 2.44 bits per heavy atom. The molecule has 0 bridgehead atoms. The monoisotopic (exact) mass is 478 g/mol. The fourth-order valence-electron chi connectivity index (χ4n) is 2.86. The first-order valence-electron chi connectivity index (χ1n) is 10.3. The van der Waals surface area contributed by atoms with Gasteiger partial charge in [-0.3, -0.25) is 14.4 Å². The summed E-state index contributed by atoms with van der Waals surface area (Å²) in [5, 5.41) is 9.32. The zero-order chi connectivity index (χ0) is 24.5. The van der Waals surface area contributed by atoms with Crippen LogP contribution in [-0.4, -0.2) is 30.5 Å². The highest BCUT2D eigenvalue weighted by Crippen LogP contribution is 2.25. The van der Waals surface area contributed by atoms with Crippen LogP contribution in [0.15, 0.2) is 71.8 Å². The summed E-state index contributed by atoms with van der Waals surface area (Å²) >= 11 is 6.21. The minimum Gasteiger partial charge on any atom is -0.482 e. The molecule has 0 saturated carbocycles. The lowest BCUT2D eigenvalue weighted by atomic mass is 10.1. The molecule has 3 rings (SSSR count). The Morgan fingerprint density at radius 1 is 0.941 bits per heavy atom. The van der Waals surface area contributed by atoms with E-state index in [1.54, 1.807) is 42.5 Å². The lowest BCUT2D eigenvalue weighted by Gasteiger charge is -2.09. The zero-order valence-corrected chi connectivity index (χ0v) is 19.3. The average molecular weight is 479 g/mol. The molecule has 0 radical (unpaired) electrons. The highest BCUT2D eigenvalue weighted by Gasteiger charge is 2.14. The predicted molar refractivity (Wildman–Crippen MR) is 132 cm³/mol. The maximum absolute atomic E-state index is 12.1. The van der Waals surface area contributed by atoms with Crippen molar-refractivity contribution in [2.75, 3.05) is 17.2 Å². The lowest BCUT2D eigenvalue weighted by molar-refractivity contribution is -0.136. The standard InChI is InChI=1S/C25H23ClN4O4/c1-16-7-6-10-21(17(16)2)29-24(32)25(33)30-27-14-18-11-12-22(20(26)13-18)34-15-23(31)28-19-8-4-3-5-9-19/h3-14H,15H2,1-2H3,(H,28,31)(H,29,32)(H,30,33)/b27-14-. The molecule has 0 aliphatic heterocycles. The Morgan fingerprint density at radius 2 is 1.71 bits per heavy atom. The fraction of sp³-hybridized carbons (Fsp3) is 0.120. The number of hydrogen-bond acceptors (Lipinski definition) is 5. The van der Waals surface area contributed by atoms with Crippen LogP contribution in [0.25, 0.3) is 0 Å². The van der Waals surface area contributed by atoms with Crippen molar-refractivity contribution < 1.29 is 19.1 Å². The number of halogens is 1. The zero-order valence-electron chi connectivity index (χ0n) is 18.6. The van der Waals surface area contributed by atoms with Gasteiger partial charge in [-0.1, -0.05) is 41.9 Å². The number of ether oxygens (including phenoxy) is 1. The van der Waals surface area contributed by atoms with E-state index in [2.05, 4.69) is 21.2 Å². The van der Waals surface area contributed by atoms with Gasteiger partial charge in [0, 0.05) is 11.4 Å². The second-order valence-electron chi connectivity index (χ2n) is 7.29. The molecule has 8 nitrogen and oxygen atoms in total. The van der Waals surface area contributed by atoms with Crippen LogP contribution in [0.4, 0.5) is 11.4 Å². The number of anilines is 2. The molecule has 0 aliphatic rings. The van der Waals surface area contributed by atoms with E-state index in [9.17, 15) is 14.4 Å². The predicted octanol–water partition coefficient (Wildman–Crippen LogP) is 4.06. The molecule has 3 aromatic rings. The lowest BCUT2D eigenvalue weighted by Crippen LogP contribution is -2.32. The molecule has 0 aliphatic carbocycles. The van der Waals surface area contributed by atoms with Crippen LogP contribution in [0.5, 0.6) is 5.75 Å². The summed E-state index contributed by atoms with van der Waals surface area (Å²) in [6, 6.07) is 19.2. The molecule has 34 heavy (non-hydrogen) atoms. The number of para-hydroxylation sites is 1. The first-order chi connectivity index (χ1) is 16.3. The number of carbonyl (C=O) groups is 3. The number of nitrogens with zero attached hydrogens (tertiary/aromatic N) is 1. The first kappa shape index (κ1) is 24.5. The van der Waals surface area contributed by atoms with Gasteiger partial charge in [0.15, 0.2) is 6.61 Å². The van der Waals surface area contributed by atoms with Crippen LogP contribution in [0.3, 0.4) is 0 Å². The van der Waals surface area contributed by atoms with Crippen molar-refractivity contribution in [3.8, 4) is 5.75 Å². The summed E-state index contributed by atoms with van der Waals surface area (Å²) < 4.78 is 5.46. The third-order valence-corrected chi connectivity index (χ3v) is 5.11. The molecule has 0 unspecified atom stereocenters. The van der Waals surface area contributed by atoms with Gasteiger partial charge >= 0.3 is 11.8 Å². The second-order valence-corrected chi connectivity index (χ2v) is 7.70. The van der Waals surface area contributed by atoms with E-state index in [1.807, 2.05) is 38.1 Å². The second kappa shape index (κ2) is 11.6. The quantitative estimate of drug-likeness (QED) is 0.270. The van der Waals surface area contributed by atoms with E-state index in [1.165, 1.54) is 6.21 Å². The van der Waals surface area contributed by atoms with Gasteiger partial charge in [0.1, 0.15) is 5.75 Å². The molecule has 9 heteroatoms. The average Bonchev–Trinajstić information content (AvgIpc) is 2.82. The molecule has 0 fully saturated rings. The number of aryl methyl sites for hydroxylation is 1. The van der Waals surface area contributed by atoms with Gasteiger partial charge in [-0.2, -0.15) is 5.10 Å². The van der Waals surface area contributed by atoms with E-state index >= 15 is 0 Å². The molecular formula is C25H23ClN4O4. The van der Waals surface area contributed by atoms with E-state index in [-0.39, 0.29) is 17.5 Å². The molecule has 0 spiro atoms. The molecular weight excluding hydrogens is 456 g/mol. The highest BCUT2D eigenvalue weighted by atomic mass is 35.5. The van der Waals surface area contributed by atoms with Crippen LogP contribution in [-0.2, 0) is 14.4 Å². The summed E-state index contributed by atoms with van der Waals surface area (Å²) in [6.45, 7) is 3.55. The smallest absolute Gasteiger partial charge is 0.329 e. The van der Waals surface area contributed by atoms with Crippen molar-refractivity contribution in [1.29, 1.82) is 0 Å². The number of hydrazone groups is 1. The number of carbonyl (C=O) groups excluding carboxylic acids is 3. The van der Waals surface area contributed by atoms with Gasteiger partial charge < -0.3 is 15.4 Å². The van der Waals surface area contributed by atoms with Gasteiger partial charge in [0.2, 0.25) is 0 Å². The largest absolute Gasteiger partial charge is 0.482 e. The SMILES string of the molecule is Cc1cccc(NC(=O)C(=O)N/N=C\c2ccc(OCC(=O)Nc3ccccc3)c(Cl)c2)c1C. The van der Waals surface area contributed by atoms with Crippen LogP contribution in [0, 0.1) is 13.8 Å². The number of rotatable bonds is 7. The number of nitrogens with one attached hydrogen (secondary N) is 3. The number of hydrogen-bond donors (Lipinski definition) is 3. The molecule has 3 N–H and O–H groups in total. The Labute approximate surface area is 202 Å². The maximum atomic E-state index is 12.1. The van der Waals surface area contributed by atoms with Crippen LogP contribution in [0.2, 0.25) is 5.02 Å². The van der Waals surface area contributed by atoms with E-state index in [4.69, 9.17) is 16.3 Å². The maximum Gasteiger partial charge on any atom is 0.329 e. The summed E-state index contributed by atoms with van der Waals surface area (Å²) in [6.07, 6.45) is 1.33. The van der Waals surface area contributed by atoms with Crippen molar-refractivity contribution in [2.24, 2.45) is 5.10 Å². The van der Waals surface area contributed by atoms with Gasteiger partial charge in [0.25, 0.3) is 5.91 Å². The van der Waals surface area contributed by atoms with Crippen molar-refractivity contribution >= 4 is 46.9 Å². The topological polar surface area (TPSA) is 109 Å². The Hall–Kier alpha value is -4.17. The van der Waals surface area contributed by atoms with Crippen LogP contribution < -0.4 is 20.8 Å². The van der Waals surface area contributed by atoms with Gasteiger partial charge in [-0.25, -0.2) is 5.43 Å². The van der Waals surface area contributed by atoms with E-state index in [0.29, 0.717) is 22.7 Å². The molecule has 3 amide bonds. The Balaban J connectivity index is 1.49. The van der Waals surface area contributed by atoms with Gasteiger partial charge in [-0.05, 0) is 66.9 Å². The number of amides is 3. The summed E-state index contributed by atoms with van der Waals surface area (Å²) in [4.78, 5) is 36.1. The minimum atomic E-state index is -0.910. The molecule has 0 atom stereocenters. The van der Waals surface area contributed by atoms with Crippen molar-refractivity contribution in [3.63, 3.8) is 0 Å². The van der Waals surface area contributed by atoms with Gasteiger partial charge in [0.05, 0.1) is 11.2 Å². The fourth-order valence-corrected chi connectivity index (χ4v) is 3.10. The van der Waals surface area contributed by atoms with E-state index < -0.39 is 11.8 Å². The van der Waals surface area contributed by atoms with Crippen molar-refractivity contribution in [3.05, 3.63) is 88.4 Å². The van der Waals surface area contributed by atoms with E-state index in [0.717, 1.165) is 11.1 Å². The third-order valence-electron chi connectivity index (χ3n) is 4.81. The summed E-state index contributed by atoms with van der Waals surface area (Å²) in [5.41, 5.74) is 5.83. The molecule has 3 aromatic carbocycles. The Kier molecular flexibility index (Phi) is 8.37. The Bertz CT molecular complexity index is 1230. The van der Waals surface area contributed by atoms with Crippen molar-refractivity contribution in [1.82, 2.24) is 5.43 Å². The molecule has 0 aromatic heterocycles. The molecule has 0 saturated heterocycles. The van der Waals surface area contributed by atoms with Gasteiger partial charge in [-0.15, -0.1) is 0 Å². The summed E-state index contributed by atoms with van der Waals surface area (Å²) in [7, 11) is 0. The van der Waals surface area contributed by atoms with Crippen LogP contribution >= 0.6 is 11.6 Å². The third kappa shape index (κ3) is 6.91. The normalized spacial score (nSPS) is 10.6. The number of benzene rings is 3. The first-order valence-corrected chi connectivity index (χ1v) is 10.7. The molecule has 0 heterocycles. The van der Waals surface area contributed by atoms with Crippen molar-refractivity contribution in [2.45, 2.75) is 13.8 Å². The van der Waals surface area contributed by atoms with Crippen LogP contribution in [0.1, 0.15) is 16.7 Å².